The Bertz CT molecular complexity index is 816. The third-order valence-electron chi connectivity index (χ3n) is 3.76. The van der Waals surface area contributed by atoms with E-state index >= 15 is 0 Å². The van der Waals surface area contributed by atoms with E-state index in [4.69, 9.17) is 0 Å². The molecule has 0 amide bonds. The molecule has 0 radical (unpaired) electrons. The summed E-state index contributed by atoms with van der Waals surface area (Å²) in [6.07, 6.45) is 0. The highest BCUT2D eigenvalue weighted by Gasteiger charge is 2.13. The number of fused-ring (bicyclic) bond motifs is 2. The lowest BCUT2D eigenvalue weighted by atomic mass is 9.93. The van der Waals surface area contributed by atoms with Crippen molar-refractivity contribution in [2.24, 2.45) is 0 Å². The lowest BCUT2D eigenvalue weighted by Crippen LogP contribution is -2.00. The van der Waals surface area contributed by atoms with Crippen molar-refractivity contribution in [2.45, 2.75) is 13.8 Å². The van der Waals surface area contributed by atoms with Gasteiger partial charge in [0.1, 0.15) is 0 Å². The van der Waals surface area contributed by atoms with Crippen LogP contribution in [0.15, 0.2) is 42.5 Å². The highest BCUT2D eigenvalue weighted by atomic mass is 16.4. The maximum atomic E-state index is 11.4. The summed E-state index contributed by atoms with van der Waals surface area (Å²) in [6, 6.07) is 13.8. The molecule has 2 nitrogen and oxygen atoms in total. The molecule has 2 heteroatoms. The first kappa shape index (κ1) is 11.7. The lowest BCUT2D eigenvalue weighted by molar-refractivity contribution is 0.0699. The molecular formula is C17H14O2. The van der Waals surface area contributed by atoms with Gasteiger partial charge in [-0.15, -0.1) is 0 Å². The van der Waals surface area contributed by atoms with Crippen LogP contribution in [0.5, 0.6) is 0 Å². The summed E-state index contributed by atoms with van der Waals surface area (Å²) in [5, 5.41) is 13.4. The molecular weight excluding hydrogens is 236 g/mol. The fourth-order valence-corrected chi connectivity index (χ4v) is 2.57. The van der Waals surface area contributed by atoms with Gasteiger partial charge >= 0.3 is 5.97 Å². The fourth-order valence-electron chi connectivity index (χ4n) is 2.57. The maximum Gasteiger partial charge on any atom is 0.336 e. The van der Waals surface area contributed by atoms with Crippen molar-refractivity contribution in [1.82, 2.24) is 0 Å². The molecule has 19 heavy (non-hydrogen) atoms. The number of aromatic carboxylic acids is 1. The van der Waals surface area contributed by atoms with Crippen molar-refractivity contribution in [3.63, 3.8) is 0 Å². The topological polar surface area (TPSA) is 37.3 Å². The number of hydrogen-bond acceptors (Lipinski definition) is 1. The van der Waals surface area contributed by atoms with E-state index < -0.39 is 5.97 Å². The largest absolute Gasteiger partial charge is 0.478 e. The molecule has 0 atom stereocenters. The smallest absolute Gasteiger partial charge is 0.336 e. The molecule has 3 rings (SSSR count). The Morgan fingerprint density at radius 1 is 0.947 bits per heavy atom. The molecule has 3 aromatic carbocycles. The number of benzene rings is 3. The van der Waals surface area contributed by atoms with Crippen LogP contribution in [0.1, 0.15) is 21.5 Å². The monoisotopic (exact) mass is 250 g/mol. The molecule has 3 aromatic rings. The van der Waals surface area contributed by atoms with Crippen molar-refractivity contribution in [3.05, 3.63) is 59.2 Å². The Hall–Kier alpha value is -2.35. The van der Waals surface area contributed by atoms with Crippen LogP contribution in [0, 0.1) is 13.8 Å². The standard InChI is InChI=1S/C17H14O2/c1-10-7-16(17(18)19)15-9-13-6-4-3-5-12(13)8-14(15)11(10)2/h3-9H,1-2H3,(H,18,19). The second-order valence-electron chi connectivity index (χ2n) is 4.92. The predicted octanol–water partition coefficient (Wildman–Crippen LogP) is 4.31. The van der Waals surface area contributed by atoms with Crippen LogP contribution in [-0.4, -0.2) is 11.1 Å². The summed E-state index contributed by atoms with van der Waals surface area (Å²) in [6.45, 7) is 3.99. The molecule has 0 aliphatic heterocycles. The van der Waals surface area contributed by atoms with Gasteiger partial charge in [-0.3, -0.25) is 0 Å². The van der Waals surface area contributed by atoms with Crippen molar-refractivity contribution in [3.8, 4) is 0 Å². The van der Waals surface area contributed by atoms with Gasteiger partial charge in [-0.05, 0) is 64.7 Å². The summed E-state index contributed by atoms with van der Waals surface area (Å²) in [7, 11) is 0. The quantitative estimate of drug-likeness (QED) is 0.653. The second-order valence-corrected chi connectivity index (χ2v) is 4.92. The molecule has 0 saturated carbocycles. The Labute approximate surface area is 111 Å². The van der Waals surface area contributed by atoms with E-state index in [2.05, 4.69) is 12.1 Å². The minimum atomic E-state index is -0.872. The highest BCUT2D eigenvalue weighted by molar-refractivity contribution is 6.09. The third kappa shape index (κ3) is 1.76. The minimum Gasteiger partial charge on any atom is -0.478 e. The Kier molecular flexibility index (Phi) is 2.53. The summed E-state index contributed by atoms with van der Waals surface area (Å²) >= 11 is 0. The molecule has 0 heterocycles. The van der Waals surface area contributed by atoms with Gasteiger partial charge in [0.2, 0.25) is 0 Å². The van der Waals surface area contributed by atoms with E-state index in [1.165, 1.54) is 0 Å². The maximum absolute atomic E-state index is 11.4. The number of carboxylic acids is 1. The summed E-state index contributed by atoms with van der Waals surface area (Å²) in [4.78, 5) is 11.4. The predicted molar refractivity (Wildman–Crippen MR) is 77.9 cm³/mol. The van der Waals surface area contributed by atoms with Crippen molar-refractivity contribution >= 4 is 27.5 Å². The Morgan fingerprint density at radius 2 is 1.53 bits per heavy atom. The summed E-state index contributed by atoms with van der Waals surface area (Å²) in [5.41, 5.74) is 2.54. The fraction of sp³-hybridized carbons (Fsp3) is 0.118. The number of carbonyl (C=O) groups is 1. The number of carboxylic acid groups (broad SMARTS) is 1. The number of hydrogen-bond donors (Lipinski definition) is 1. The van der Waals surface area contributed by atoms with Crippen LogP contribution in [0.4, 0.5) is 0 Å². The minimum absolute atomic E-state index is 0.379. The zero-order chi connectivity index (χ0) is 13.6. The van der Waals surface area contributed by atoms with E-state index in [1.807, 2.05) is 38.1 Å². The van der Waals surface area contributed by atoms with Gasteiger partial charge < -0.3 is 5.11 Å². The average Bonchev–Trinajstić information content (AvgIpc) is 2.41. The molecule has 0 fully saturated rings. The first-order chi connectivity index (χ1) is 9.08. The zero-order valence-corrected chi connectivity index (χ0v) is 10.9. The van der Waals surface area contributed by atoms with Crippen LogP contribution in [0.2, 0.25) is 0 Å². The van der Waals surface area contributed by atoms with E-state index in [1.54, 1.807) is 6.07 Å². The van der Waals surface area contributed by atoms with Gasteiger partial charge in [0.15, 0.2) is 0 Å². The van der Waals surface area contributed by atoms with E-state index in [9.17, 15) is 9.90 Å². The van der Waals surface area contributed by atoms with E-state index in [0.29, 0.717) is 5.56 Å². The molecule has 0 unspecified atom stereocenters. The van der Waals surface area contributed by atoms with Gasteiger partial charge in [-0.25, -0.2) is 4.79 Å². The third-order valence-corrected chi connectivity index (χ3v) is 3.76. The SMILES string of the molecule is Cc1cc(C(=O)O)c2cc3ccccc3cc2c1C. The highest BCUT2D eigenvalue weighted by Crippen LogP contribution is 2.30. The zero-order valence-electron chi connectivity index (χ0n) is 10.9. The average molecular weight is 250 g/mol. The first-order valence-corrected chi connectivity index (χ1v) is 6.24. The molecule has 1 N–H and O–H groups in total. The van der Waals surface area contributed by atoms with Crippen molar-refractivity contribution < 1.29 is 9.90 Å². The van der Waals surface area contributed by atoms with Crippen molar-refractivity contribution in [1.29, 1.82) is 0 Å². The van der Waals surface area contributed by atoms with Crippen LogP contribution in [0.25, 0.3) is 21.5 Å². The molecule has 0 spiro atoms. The lowest BCUT2D eigenvalue weighted by Gasteiger charge is -2.11. The van der Waals surface area contributed by atoms with E-state index in [-0.39, 0.29) is 0 Å². The van der Waals surface area contributed by atoms with Crippen LogP contribution < -0.4 is 0 Å². The van der Waals surface area contributed by atoms with Gasteiger partial charge in [0, 0.05) is 0 Å². The Balaban J connectivity index is 2.55. The van der Waals surface area contributed by atoms with Crippen LogP contribution in [-0.2, 0) is 0 Å². The van der Waals surface area contributed by atoms with Gasteiger partial charge in [0.05, 0.1) is 5.56 Å². The second kappa shape index (κ2) is 4.09. The molecule has 0 aliphatic carbocycles. The summed E-state index contributed by atoms with van der Waals surface area (Å²) < 4.78 is 0. The van der Waals surface area contributed by atoms with Crippen LogP contribution in [0.3, 0.4) is 0 Å². The summed E-state index contributed by atoms with van der Waals surface area (Å²) in [5.74, 6) is -0.872. The molecule has 0 saturated heterocycles. The van der Waals surface area contributed by atoms with Crippen molar-refractivity contribution in [2.75, 3.05) is 0 Å². The normalized spacial score (nSPS) is 11.1. The molecule has 0 aromatic heterocycles. The number of aryl methyl sites for hydroxylation is 2. The molecule has 94 valence electrons. The van der Waals surface area contributed by atoms with Gasteiger partial charge in [0.25, 0.3) is 0 Å². The molecule has 0 bridgehead atoms. The van der Waals surface area contributed by atoms with Crippen LogP contribution >= 0.6 is 0 Å². The number of rotatable bonds is 1. The molecule has 0 aliphatic rings. The first-order valence-electron chi connectivity index (χ1n) is 6.24. The van der Waals surface area contributed by atoms with Gasteiger partial charge in [-0.2, -0.15) is 0 Å². The van der Waals surface area contributed by atoms with E-state index in [0.717, 1.165) is 32.7 Å². The van der Waals surface area contributed by atoms with Gasteiger partial charge in [-0.1, -0.05) is 24.3 Å². The Morgan fingerprint density at radius 3 is 2.11 bits per heavy atom.